The molecule has 0 heterocycles. The van der Waals surface area contributed by atoms with Crippen molar-refractivity contribution >= 4 is 15.9 Å². The molecule has 0 bridgehead atoms. The van der Waals surface area contributed by atoms with Crippen LogP contribution < -0.4 is 9.47 Å². The minimum Gasteiger partial charge on any atom is -0.497 e. The summed E-state index contributed by atoms with van der Waals surface area (Å²) in [7, 11) is 3.34. The van der Waals surface area contributed by atoms with Crippen molar-refractivity contribution in [3.05, 3.63) is 59.2 Å². The fourth-order valence-corrected chi connectivity index (χ4v) is 2.70. The molecule has 2 aromatic rings. The van der Waals surface area contributed by atoms with Gasteiger partial charge in [-0.05, 0) is 36.6 Å². The highest BCUT2D eigenvalue weighted by atomic mass is 79.9. The number of methoxy groups -OCH3 is 2. The quantitative estimate of drug-likeness (QED) is 0.738. The number of alkyl halides is 1. The minimum absolute atomic E-state index is 0.231. The van der Waals surface area contributed by atoms with Crippen LogP contribution in [-0.2, 0) is 6.42 Å². The molecule has 20 heavy (non-hydrogen) atoms. The molecule has 0 aromatic heterocycles. The molecule has 0 fully saturated rings. The van der Waals surface area contributed by atoms with Gasteiger partial charge >= 0.3 is 0 Å². The predicted molar refractivity (Wildman–Crippen MR) is 86.1 cm³/mol. The van der Waals surface area contributed by atoms with E-state index in [2.05, 4.69) is 47.1 Å². The van der Waals surface area contributed by atoms with Gasteiger partial charge in [0.2, 0.25) is 0 Å². The van der Waals surface area contributed by atoms with Crippen LogP contribution in [0, 0.1) is 6.92 Å². The summed E-state index contributed by atoms with van der Waals surface area (Å²) in [5.41, 5.74) is 3.74. The number of halogens is 1. The first-order chi connectivity index (χ1) is 9.62. The van der Waals surface area contributed by atoms with Crippen molar-refractivity contribution in [2.45, 2.75) is 18.2 Å². The summed E-state index contributed by atoms with van der Waals surface area (Å²) < 4.78 is 10.6. The summed E-state index contributed by atoms with van der Waals surface area (Å²) in [5, 5.41) is 0. The maximum absolute atomic E-state index is 5.31. The lowest BCUT2D eigenvalue weighted by Crippen LogP contribution is -1.97. The van der Waals surface area contributed by atoms with Crippen LogP contribution in [0.25, 0.3) is 0 Å². The van der Waals surface area contributed by atoms with Gasteiger partial charge in [0.1, 0.15) is 11.5 Å². The number of hydrogen-bond acceptors (Lipinski definition) is 2. The molecule has 0 aliphatic rings. The lowest BCUT2D eigenvalue weighted by molar-refractivity contribution is 0.393. The molecule has 1 atom stereocenters. The summed E-state index contributed by atoms with van der Waals surface area (Å²) >= 11 is 3.76. The first-order valence-electron chi connectivity index (χ1n) is 6.55. The van der Waals surface area contributed by atoms with Crippen molar-refractivity contribution in [3.63, 3.8) is 0 Å². The van der Waals surface area contributed by atoms with Gasteiger partial charge in [0.25, 0.3) is 0 Å². The highest BCUT2D eigenvalue weighted by Gasteiger charge is 2.11. The standard InChI is InChI=1S/C17H19BrO2/c1-12-4-6-13(7-5-12)8-17(18)14-9-15(19-2)11-16(10-14)20-3/h4-7,9-11,17H,8H2,1-3H3. The van der Waals surface area contributed by atoms with Gasteiger partial charge in [0.15, 0.2) is 0 Å². The lowest BCUT2D eigenvalue weighted by Gasteiger charge is -2.14. The lowest BCUT2D eigenvalue weighted by atomic mass is 10.0. The Morgan fingerprint density at radius 1 is 0.950 bits per heavy atom. The fraction of sp³-hybridized carbons (Fsp3) is 0.294. The van der Waals surface area contributed by atoms with Gasteiger partial charge in [0, 0.05) is 10.9 Å². The maximum Gasteiger partial charge on any atom is 0.122 e. The zero-order valence-electron chi connectivity index (χ0n) is 12.0. The molecule has 1 unspecified atom stereocenters. The first-order valence-corrected chi connectivity index (χ1v) is 7.46. The summed E-state index contributed by atoms with van der Waals surface area (Å²) in [6, 6.07) is 14.6. The number of aryl methyl sites for hydroxylation is 1. The highest BCUT2D eigenvalue weighted by Crippen LogP contribution is 2.33. The smallest absolute Gasteiger partial charge is 0.122 e. The molecule has 0 aliphatic heterocycles. The Hall–Kier alpha value is -1.48. The maximum atomic E-state index is 5.31. The van der Waals surface area contributed by atoms with Crippen LogP contribution in [-0.4, -0.2) is 14.2 Å². The second-order valence-electron chi connectivity index (χ2n) is 4.80. The molecule has 0 N–H and O–H groups in total. The van der Waals surface area contributed by atoms with Gasteiger partial charge in [-0.3, -0.25) is 0 Å². The largest absolute Gasteiger partial charge is 0.497 e. The molecular weight excluding hydrogens is 316 g/mol. The second kappa shape index (κ2) is 6.80. The van der Waals surface area contributed by atoms with E-state index < -0.39 is 0 Å². The van der Waals surface area contributed by atoms with Gasteiger partial charge in [0.05, 0.1) is 14.2 Å². The Balaban J connectivity index is 2.19. The molecule has 3 heteroatoms. The van der Waals surface area contributed by atoms with Crippen LogP contribution in [0.4, 0.5) is 0 Å². The zero-order chi connectivity index (χ0) is 14.5. The van der Waals surface area contributed by atoms with Crippen molar-refractivity contribution in [2.75, 3.05) is 14.2 Å². The van der Waals surface area contributed by atoms with Crippen molar-refractivity contribution in [3.8, 4) is 11.5 Å². The van der Waals surface area contributed by atoms with Crippen molar-refractivity contribution < 1.29 is 9.47 Å². The Labute approximate surface area is 128 Å². The van der Waals surface area contributed by atoms with Crippen LogP contribution in [0.1, 0.15) is 21.5 Å². The number of rotatable bonds is 5. The molecule has 106 valence electrons. The molecule has 2 aromatic carbocycles. The van der Waals surface area contributed by atoms with Crippen LogP contribution in [0.3, 0.4) is 0 Å². The van der Waals surface area contributed by atoms with Crippen LogP contribution >= 0.6 is 15.9 Å². The van der Waals surface area contributed by atoms with E-state index in [0.29, 0.717) is 0 Å². The van der Waals surface area contributed by atoms with E-state index in [1.54, 1.807) is 14.2 Å². The third-order valence-corrected chi connectivity index (χ3v) is 4.12. The molecule has 0 spiro atoms. The fourth-order valence-electron chi connectivity index (χ4n) is 2.06. The molecule has 2 nitrogen and oxygen atoms in total. The van der Waals surface area contributed by atoms with Crippen molar-refractivity contribution in [1.82, 2.24) is 0 Å². The molecule has 0 radical (unpaired) electrons. The van der Waals surface area contributed by atoms with Gasteiger partial charge in [-0.25, -0.2) is 0 Å². The Morgan fingerprint density at radius 2 is 1.50 bits per heavy atom. The molecule has 0 aliphatic carbocycles. The summed E-state index contributed by atoms with van der Waals surface area (Å²) in [6.45, 7) is 2.10. The number of hydrogen-bond donors (Lipinski definition) is 0. The van der Waals surface area contributed by atoms with Crippen LogP contribution in [0.15, 0.2) is 42.5 Å². The summed E-state index contributed by atoms with van der Waals surface area (Å²) in [5.74, 6) is 1.63. The van der Waals surface area contributed by atoms with Crippen LogP contribution in [0.2, 0.25) is 0 Å². The third kappa shape index (κ3) is 3.76. The molecule has 0 saturated carbocycles. The topological polar surface area (TPSA) is 18.5 Å². The van der Waals surface area contributed by atoms with Gasteiger partial charge in [-0.2, -0.15) is 0 Å². The normalized spacial score (nSPS) is 12.0. The van der Waals surface area contributed by atoms with E-state index in [9.17, 15) is 0 Å². The average Bonchev–Trinajstić information content (AvgIpc) is 2.48. The molecular formula is C17H19BrO2. The number of ether oxygens (including phenoxy) is 2. The predicted octanol–water partition coefficient (Wildman–Crippen LogP) is 4.69. The van der Waals surface area contributed by atoms with E-state index >= 15 is 0 Å². The minimum atomic E-state index is 0.231. The van der Waals surface area contributed by atoms with E-state index in [-0.39, 0.29) is 4.83 Å². The SMILES string of the molecule is COc1cc(OC)cc(C(Br)Cc2ccc(C)cc2)c1. The Morgan fingerprint density at radius 3 is 2.00 bits per heavy atom. The van der Waals surface area contributed by atoms with Crippen molar-refractivity contribution in [1.29, 1.82) is 0 Å². The third-order valence-electron chi connectivity index (χ3n) is 3.27. The van der Waals surface area contributed by atoms with Gasteiger partial charge < -0.3 is 9.47 Å². The Bertz CT molecular complexity index is 541. The van der Waals surface area contributed by atoms with E-state index in [4.69, 9.17) is 9.47 Å². The average molecular weight is 335 g/mol. The monoisotopic (exact) mass is 334 g/mol. The highest BCUT2D eigenvalue weighted by molar-refractivity contribution is 9.09. The van der Waals surface area contributed by atoms with E-state index in [1.165, 1.54) is 11.1 Å². The van der Waals surface area contributed by atoms with Gasteiger partial charge in [-0.15, -0.1) is 0 Å². The number of benzene rings is 2. The summed E-state index contributed by atoms with van der Waals surface area (Å²) in [6.07, 6.45) is 0.927. The van der Waals surface area contributed by atoms with Gasteiger partial charge in [-0.1, -0.05) is 45.8 Å². The van der Waals surface area contributed by atoms with Crippen LogP contribution in [0.5, 0.6) is 11.5 Å². The second-order valence-corrected chi connectivity index (χ2v) is 5.91. The Kier molecular flexibility index (Phi) is 5.07. The first kappa shape index (κ1) is 14.9. The molecule has 2 rings (SSSR count). The molecule has 0 saturated heterocycles. The van der Waals surface area contributed by atoms with E-state index in [0.717, 1.165) is 23.5 Å². The van der Waals surface area contributed by atoms with E-state index in [1.807, 2.05) is 18.2 Å². The summed E-state index contributed by atoms with van der Waals surface area (Å²) in [4.78, 5) is 0.231. The van der Waals surface area contributed by atoms with Crippen molar-refractivity contribution in [2.24, 2.45) is 0 Å². The molecule has 0 amide bonds. The zero-order valence-corrected chi connectivity index (χ0v) is 13.6.